The lowest BCUT2D eigenvalue weighted by Gasteiger charge is -2.16. The maximum Gasteiger partial charge on any atom is 0.267 e. The fourth-order valence-electron chi connectivity index (χ4n) is 2.90. The number of nitrogens with zero attached hydrogens (tertiary/aromatic N) is 4. The molecule has 1 atom stereocenters. The van der Waals surface area contributed by atoms with E-state index in [-0.39, 0.29) is 11.5 Å². The molecule has 1 amide bonds. The first kappa shape index (κ1) is 16.7. The van der Waals surface area contributed by atoms with Gasteiger partial charge in [-0.25, -0.2) is 9.36 Å². The molecule has 27 heavy (non-hydrogen) atoms. The molecule has 0 aliphatic rings. The Balaban J connectivity index is 1.64. The lowest BCUT2D eigenvalue weighted by molar-refractivity contribution is -0.119. The quantitative estimate of drug-likeness (QED) is 0.607. The van der Waals surface area contributed by atoms with Crippen LogP contribution in [-0.4, -0.2) is 25.5 Å². The highest BCUT2D eigenvalue weighted by atomic mass is 16.2. The Morgan fingerprint density at radius 3 is 2.67 bits per heavy atom. The maximum absolute atomic E-state index is 12.8. The van der Waals surface area contributed by atoms with Gasteiger partial charge in [-0.05, 0) is 30.5 Å². The number of aromatic nitrogens is 4. The summed E-state index contributed by atoms with van der Waals surface area (Å²) in [6, 6.07) is 17.4. The highest BCUT2D eigenvalue weighted by Crippen LogP contribution is 2.23. The first-order valence-corrected chi connectivity index (χ1v) is 8.52. The van der Waals surface area contributed by atoms with Crippen LogP contribution < -0.4 is 10.9 Å². The molecular weight excluding hydrogens is 342 g/mol. The predicted octanol–water partition coefficient (Wildman–Crippen LogP) is 2.78. The van der Waals surface area contributed by atoms with Gasteiger partial charge < -0.3 is 5.32 Å². The minimum Gasteiger partial charge on any atom is -0.324 e. The van der Waals surface area contributed by atoms with Crippen LogP contribution in [0.5, 0.6) is 0 Å². The minimum atomic E-state index is -0.785. The minimum absolute atomic E-state index is 0.321. The van der Waals surface area contributed by atoms with E-state index >= 15 is 0 Å². The molecule has 2 aromatic heterocycles. The van der Waals surface area contributed by atoms with E-state index in [0.29, 0.717) is 11.5 Å². The summed E-state index contributed by atoms with van der Waals surface area (Å²) in [5.74, 6) is 0.142. The SMILES string of the molecule is CC(C(=O)Nc1cccc2ccccc12)n1nc(-n2cccn2)ccc1=O. The van der Waals surface area contributed by atoms with Gasteiger partial charge in [0.05, 0.1) is 0 Å². The zero-order chi connectivity index (χ0) is 18.8. The van der Waals surface area contributed by atoms with E-state index in [2.05, 4.69) is 15.5 Å². The summed E-state index contributed by atoms with van der Waals surface area (Å²) in [6.07, 6.45) is 3.34. The molecule has 134 valence electrons. The van der Waals surface area contributed by atoms with Crippen molar-refractivity contribution < 1.29 is 4.79 Å². The topological polar surface area (TPSA) is 81.8 Å². The van der Waals surface area contributed by atoms with Gasteiger partial charge in [0.1, 0.15) is 6.04 Å². The molecular formula is C20H17N5O2. The lowest BCUT2D eigenvalue weighted by Crippen LogP contribution is -2.33. The van der Waals surface area contributed by atoms with Crippen LogP contribution in [0.2, 0.25) is 0 Å². The van der Waals surface area contributed by atoms with E-state index < -0.39 is 6.04 Å². The van der Waals surface area contributed by atoms with E-state index in [0.717, 1.165) is 15.5 Å². The molecule has 7 heteroatoms. The molecule has 2 heterocycles. The Hall–Kier alpha value is -3.74. The average molecular weight is 359 g/mol. The van der Waals surface area contributed by atoms with Gasteiger partial charge in [-0.15, -0.1) is 5.10 Å². The van der Waals surface area contributed by atoms with Gasteiger partial charge in [0, 0.05) is 29.5 Å². The number of benzene rings is 2. The number of hydrogen-bond acceptors (Lipinski definition) is 4. The molecule has 0 spiro atoms. The number of carbonyl (C=O) groups is 1. The number of rotatable bonds is 4. The summed E-state index contributed by atoms with van der Waals surface area (Å²) in [5.41, 5.74) is 0.340. The Bertz CT molecular complexity index is 1160. The van der Waals surface area contributed by atoms with E-state index in [9.17, 15) is 9.59 Å². The summed E-state index contributed by atoms with van der Waals surface area (Å²) >= 11 is 0. The number of hydrogen-bond donors (Lipinski definition) is 1. The Kier molecular flexibility index (Phi) is 4.25. The third-order valence-electron chi connectivity index (χ3n) is 4.34. The molecule has 0 radical (unpaired) electrons. The summed E-state index contributed by atoms with van der Waals surface area (Å²) in [7, 11) is 0. The number of amides is 1. The molecule has 0 aliphatic carbocycles. The smallest absolute Gasteiger partial charge is 0.267 e. The number of fused-ring (bicyclic) bond motifs is 1. The molecule has 7 nitrogen and oxygen atoms in total. The van der Waals surface area contributed by atoms with Crippen LogP contribution >= 0.6 is 0 Å². The van der Waals surface area contributed by atoms with E-state index in [1.54, 1.807) is 31.5 Å². The van der Waals surface area contributed by atoms with Crippen LogP contribution in [0.3, 0.4) is 0 Å². The summed E-state index contributed by atoms with van der Waals surface area (Å²) < 4.78 is 2.70. The van der Waals surface area contributed by atoms with Crippen molar-refractivity contribution in [2.75, 3.05) is 5.32 Å². The van der Waals surface area contributed by atoms with Crippen LogP contribution in [0, 0.1) is 0 Å². The third-order valence-corrected chi connectivity index (χ3v) is 4.34. The lowest BCUT2D eigenvalue weighted by atomic mass is 10.1. The van der Waals surface area contributed by atoms with Crippen molar-refractivity contribution in [1.29, 1.82) is 0 Å². The van der Waals surface area contributed by atoms with Gasteiger partial charge in [0.15, 0.2) is 5.82 Å². The monoisotopic (exact) mass is 359 g/mol. The third kappa shape index (κ3) is 3.22. The normalized spacial score (nSPS) is 12.0. The first-order valence-electron chi connectivity index (χ1n) is 8.52. The van der Waals surface area contributed by atoms with Crippen molar-refractivity contribution in [2.45, 2.75) is 13.0 Å². The first-order chi connectivity index (χ1) is 13.1. The van der Waals surface area contributed by atoms with Gasteiger partial charge in [0.2, 0.25) is 5.91 Å². The Labute approximate surface area is 154 Å². The molecule has 1 unspecified atom stereocenters. The van der Waals surface area contributed by atoms with Crippen molar-refractivity contribution in [3.05, 3.63) is 83.4 Å². The highest BCUT2D eigenvalue weighted by Gasteiger charge is 2.19. The van der Waals surface area contributed by atoms with Gasteiger partial charge >= 0.3 is 0 Å². The second-order valence-electron chi connectivity index (χ2n) is 6.12. The molecule has 0 saturated carbocycles. The van der Waals surface area contributed by atoms with Crippen molar-refractivity contribution >= 4 is 22.4 Å². The zero-order valence-electron chi connectivity index (χ0n) is 14.6. The molecule has 2 aromatic carbocycles. The van der Waals surface area contributed by atoms with Crippen LogP contribution in [0.1, 0.15) is 13.0 Å². The number of carbonyl (C=O) groups excluding carboxylic acids is 1. The maximum atomic E-state index is 12.8. The second kappa shape index (κ2) is 6.87. The van der Waals surface area contributed by atoms with E-state index in [1.165, 1.54) is 10.7 Å². The highest BCUT2D eigenvalue weighted by molar-refractivity contribution is 6.03. The molecule has 0 bridgehead atoms. The molecule has 0 saturated heterocycles. The standard InChI is InChI=1S/C20H17N5O2/c1-14(25-19(26)11-10-18(23-25)24-13-5-12-21-24)20(27)22-17-9-4-7-15-6-2-3-8-16(15)17/h2-14H,1H3,(H,22,27). The number of nitrogens with one attached hydrogen (secondary N) is 1. The molecule has 1 N–H and O–H groups in total. The van der Waals surface area contributed by atoms with Crippen molar-refractivity contribution in [1.82, 2.24) is 19.6 Å². The van der Waals surface area contributed by atoms with Crippen molar-refractivity contribution in [3.63, 3.8) is 0 Å². The Morgan fingerprint density at radius 2 is 1.85 bits per heavy atom. The van der Waals surface area contributed by atoms with Gasteiger partial charge in [0.25, 0.3) is 5.56 Å². The van der Waals surface area contributed by atoms with Crippen LogP contribution in [-0.2, 0) is 4.79 Å². The van der Waals surface area contributed by atoms with Crippen LogP contribution in [0.15, 0.2) is 77.9 Å². The summed E-state index contributed by atoms with van der Waals surface area (Å²) in [5, 5.41) is 13.3. The predicted molar refractivity (Wildman–Crippen MR) is 103 cm³/mol. The van der Waals surface area contributed by atoms with Crippen molar-refractivity contribution in [2.24, 2.45) is 0 Å². The Morgan fingerprint density at radius 1 is 1.04 bits per heavy atom. The van der Waals surface area contributed by atoms with Crippen molar-refractivity contribution in [3.8, 4) is 5.82 Å². The van der Waals surface area contributed by atoms with Crippen LogP contribution in [0.4, 0.5) is 5.69 Å². The molecule has 0 fully saturated rings. The van der Waals surface area contributed by atoms with Gasteiger partial charge in [-0.3, -0.25) is 9.59 Å². The summed E-state index contributed by atoms with van der Waals surface area (Å²) in [6.45, 7) is 1.64. The largest absolute Gasteiger partial charge is 0.324 e. The second-order valence-corrected chi connectivity index (χ2v) is 6.12. The average Bonchev–Trinajstić information content (AvgIpc) is 3.23. The van der Waals surface area contributed by atoms with Gasteiger partial charge in [-0.2, -0.15) is 5.10 Å². The molecule has 4 aromatic rings. The fourth-order valence-corrected chi connectivity index (χ4v) is 2.90. The zero-order valence-corrected chi connectivity index (χ0v) is 14.6. The van der Waals surface area contributed by atoms with Crippen LogP contribution in [0.25, 0.3) is 16.6 Å². The molecule has 4 rings (SSSR count). The number of anilines is 1. The molecule has 0 aliphatic heterocycles. The van der Waals surface area contributed by atoms with E-state index in [4.69, 9.17) is 0 Å². The van der Waals surface area contributed by atoms with E-state index in [1.807, 2.05) is 42.5 Å². The van der Waals surface area contributed by atoms with Gasteiger partial charge in [-0.1, -0.05) is 36.4 Å². The fraction of sp³-hybridized carbons (Fsp3) is 0.100. The summed E-state index contributed by atoms with van der Waals surface area (Å²) in [4.78, 5) is 25.0.